The number of nitrogens with zero attached hydrogens (tertiary/aromatic N) is 2. The normalized spacial score (nSPS) is 10.8. The van der Waals surface area contributed by atoms with E-state index < -0.39 is 5.91 Å². The van der Waals surface area contributed by atoms with Gasteiger partial charge in [0.2, 0.25) is 0 Å². The number of benzene rings is 2. The highest BCUT2D eigenvalue weighted by Crippen LogP contribution is 2.30. The molecule has 0 aliphatic heterocycles. The summed E-state index contributed by atoms with van der Waals surface area (Å²) in [6.07, 6.45) is 1.51. The van der Waals surface area contributed by atoms with Gasteiger partial charge < -0.3 is 14.8 Å². The van der Waals surface area contributed by atoms with Crippen molar-refractivity contribution in [3.8, 4) is 23.6 Å². The van der Waals surface area contributed by atoms with Gasteiger partial charge in [-0.1, -0.05) is 24.3 Å². The number of ether oxygens (including phenoxy) is 2. The molecule has 0 unspecified atom stereocenters. The number of hydrogen-bond donors (Lipinski definition) is 1. The average molecular weight is 389 g/mol. The standard InChI is InChI=1S/C23H23N3O3/c1-4-28-22-12-17(11-20(14-25)23(27)26-16(2)3)9-10-21(22)29-15-19-8-6-5-7-18(19)13-24/h5-12,16H,4,15H2,1-3H3,(H,26,27)/b20-11-. The van der Waals surface area contributed by atoms with Crippen LogP contribution in [0.1, 0.15) is 37.5 Å². The van der Waals surface area contributed by atoms with Crippen molar-refractivity contribution in [2.24, 2.45) is 0 Å². The summed E-state index contributed by atoms with van der Waals surface area (Å²) in [6, 6.07) is 16.4. The summed E-state index contributed by atoms with van der Waals surface area (Å²) in [5.41, 5.74) is 1.99. The highest BCUT2D eigenvalue weighted by Gasteiger charge is 2.12. The molecule has 2 rings (SSSR count). The molecule has 29 heavy (non-hydrogen) atoms. The smallest absolute Gasteiger partial charge is 0.262 e. The van der Waals surface area contributed by atoms with Crippen molar-refractivity contribution in [1.29, 1.82) is 10.5 Å². The molecule has 0 saturated carbocycles. The Morgan fingerprint density at radius 2 is 1.90 bits per heavy atom. The largest absolute Gasteiger partial charge is 0.490 e. The third-order valence-electron chi connectivity index (χ3n) is 3.88. The fourth-order valence-corrected chi connectivity index (χ4v) is 2.57. The van der Waals surface area contributed by atoms with Crippen molar-refractivity contribution in [2.75, 3.05) is 6.61 Å². The number of carbonyl (C=O) groups is 1. The molecule has 0 aromatic heterocycles. The van der Waals surface area contributed by atoms with Gasteiger partial charge in [-0.15, -0.1) is 0 Å². The third kappa shape index (κ3) is 6.12. The molecule has 0 atom stereocenters. The van der Waals surface area contributed by atoms with Crippen LogP contribution in [0.3, 0.4) is 0 Å². The Morgan fingerprint density at radius 1 is 1.14 bits per heavy atom. The van der Waals surface area contributed by atoms with Crippen molar-refractivity contribution in [3.05, 3.63) is 64.7 Å². The van der Waals surface area contributed by atoms with E-state index in [1.165, 1.54) is 6.08 Å². The Kier molecular flexibility index (Phi) is 7.82. The molecule has 0 aliphatic carbocycles. The van der Waals surface area contributed by atoms with E-state index in [2.05, 4.69) is 11.4 Å². The zero-order valence-corrected chi connectivity index (χ0v) is 16.7. The monoisotopic (exact) mass is 389 g/mol. The maximum absolute atomic E-state index is 12.1. The number of nitrogens with one attached hydrogen (secondary N) is 1. The second kappa shape index (κ2) is 10.5. The van der Waals surface area contributed by atoms with Gasteiger partial charge in [0.15, 0.2) is 11.5 Å². The fraction of sp³-hybridized carbons (Fsp3) is 0.261. The van der Waals surface area contributed by atoms with E-state index in [0.717, 1.165) is 5.56 Å². The Bertz CT molecular complexity index is 982. The lowest BCUT2D eigenvalue weighted by Gasteiger charge is -2.13. The van der Waals surface area contributed by atoms with Crippen LogP contribution < -0.4 is 14.8 Å². The minimum Gasteiger partial charge on any atom is -0.490 e. The van der Waals surface area contributed by atoms with E-state index in [-0.39, 0.29) is 18.2 Å². The molecule has 148 valence electrons. The van der Waals surface area contributed by atoms with Gasteiger partial charge >= 0.3 is 0 Å². The minimum atomic E-state index is -0.422. The first-order chi connectivity index (χ1) is 14.0. The molecule has 6 nitrogen and oxygen atoms in total. The van der Waals surface area contributed by atoms with Crippen molar-refractivity contribution < 1.29 is 14.3 Å². The fourth-order valence-electron chi connectivity index (χ4n) is 2.57. The quantitative estimate of drug-likeness (QED) is 0.544. The number of hydrogen-bond acceptors (Lipinski definition) is 5. The molecule has 0 fully saturated rings. The van der Waals surface area contributed by atoms with Gasteiger partial charge in [-0.3, -0.25) is 4.79 Å². The highest BCUT2D eigenvalue weighted by molar-refractivity contribution is 6.01. The number of carbonyl (C=O) groups excluding carboxylic acids is 1. The zero-order chi connectivity index (χ0) is 21.2. The van der Waals surface area contributed by atoms with Crippen molar-refractivity contribution >= 4 is 12.0 Å². The lowest BCUT2D eigenvalue weighted by molar-refractivity contribution is -0.117. The zero-order valence-electron chi connectivity index (χ0n) is 16.7. The van der Waals surface area contributed by atoms with Crippen molar-refractivity contribution in [1.82, 2.24) is 5.32 Å². The van der Waals surface area contributed by atoms with E-state index >= 15 is 0 Å². The van der Waals surface area contributed by atoms with Gasteiger partial charge in [0, 0.05) is 11.6 Å². The van der Waals surface area contributed by atoms with Gasteiger partial charge in [-0.05, 0) is 50.6 Å². The van der Waals surface area contributed by atoms with Crippen LogP contribution in [0.15, 0.2) is 48.0 Å². The molecule has 1 N–H and O–H groups in total. The van der Waals surface area contributed by atoms with E-state index in [1.54, 1.807) is 30.3 Å². The number of rotatable bonds is 8. The van der Waals surface area contributed by atoms with Gasteiger partial charge in [0.1, 0.15) is 18.2 Å². The molecule has 2 aromatic carbocycles. The predicted molar refractivity (Wildman–Crippen MR) is 110 cm³/mol. The Morgan fingerprint density at radius 3 is 2.55 bits per heavy atom. The summed E-state index contributed by atoms with van der Waals surface area (Å²) in [4.78, 5) is 12.1. The van der Waals surface area contributed by atoms with E-state index in [9.17, 15) is 15.3 Å². The Balaban J connectivity index is 2.26. The van der Waals surface area contributed by atoms with E-state index in [1.807, 2.05) is 39.0 Å². The second-order valence-electron chi connectivity index (χ2n) is 6.49. The summed E-state index contributed by atoms with van der Waals surface area (Å²) >= 11 is 0. The summed E-state index contributed by atoms with van der Waals surface area (Å²) < 4.78 is 11.5. The molecule has 0 spiro atoms. The Hall–Kier alpha value is -3.77. The van der Waals surface area contributed by atoms with Crippen LogP contribution in [-0.4, -0.2) is 18.6 Å². The summed E-state index contributed by atoms with van der Waals surface area (Å²) in [5, 5.41) is 21.2. The molecular formula is C23H23N3O3. The first-order valence-corrected chi connectivity index (χ1v) is 9.28. The SMILES string of the molecule is CCOc1cc(/C=C(/C#N)C(=O)NC(C)C)ccc1OCc1ccccc1C#N. The Labute approximate surface area is 171 Å². The number of amides is 1. The van der Waals surface area contributed by atoms with Gasteiger partial charge in [0.25, 0.3) is 5.91 Å². The third-order valence-corrected chi connectivity index (χ3v) is 3.88. The van der Waals surface area contributed by atoms with E-state index in [4.69, 9.17) is 9.47 Å². The average Bonchev–Trinajstić information content (AvgIpc) is 2.71. The molecule has 2 aromatic rings. The van der Waals surface area contributed by atoms with Gasteiger partial charge in [-0.25, -0.2) is 0 Å². The van der Waals surface area contributed by atoms with Crippen molar-refractivity contribution in [2.45, 2.75) is 33.4 Å². The van der Waals surface area contributed by atoms with Crippen LogP contribution in [0.25, 0.3) is 6.08 Å². The molecule has 0 saturated heterocycles. The molecule has 6 heteroatoms. The summed E-state index contributed by atoms with van der Waals surface area (Å²) in [6.45, 7) is 6.16. The molecule has 0 aliphatic rings. The van der Waals surface area contributed by atoms with Crippen LogP contribution >= 0.6 is 0 Å². The molecule has 0 bridgehead atoms. The highest BCUT2D eigenvalue weighted by atomic mass is 16.5. The van der Waals surface area contributed by atoms with Crippen LogP contribution in [0.4, 0.5) is 0 Å². The maximum Gasteiger partial charge on any atom is 0.262 e. The van der Waals surface area contributed by atoms with E-state index in [0.29, 0.717) is 29.2 Å². The second-order valence-corrected chi connectivity index (χ2v) is 6.49. The van der Waals surface area contributed by atoms with Crippen LogP contribution in [0, 0.1) is 22.7 Å². The van der Waals surface area contributed by atoms with Gasteiger partial charge in [0.05, 0.1) is 18.2 Å². The molecular weight excluding hydrogens is 366 g/mol. The lowest BCUT2D eigenvalue weighted by Crippen LogP contribution is -2.30. The lowest BCUT2D eigenvalue weighted by atomic mass is 10.1. The molecule has 0 heterocycles. The topological polar surface area (TPSA) is 95.1 Å². The van der Waals surface area contributed by atoms with Crippen LogP contribution in [0.2, 0.25) is 0 Å². The van der Waals surface area contributed by atoms with Gasteiger partial charge in [-0.2, -0.15) is 10.5 Å². The maximum atomic E-state index is 12.1. The summed E-state index contributed by atoms with van der Waals surface area (Å²) in [5.74, 6) is 0.591. The predicted octanol–water partition coefficient (Wildman–Crippen LogP) is 3.97. The first-order valence-electron chi connectivity index (χ1n) is 9.28. The van der Waals surface area contributed by atoms with Crippen LogP contribution in [0.5, 0.6) is 11.5 Å². The molecule has 1 amide bonds. The number of nitriles is 2. The first kappa shape index (κ1) is 21.5. The molecule has 0 radical (unpaired) electrons. The summed E-state index contributed by atoms with van der Waals surface area (Å²) in [7, 11) is 0. The van der Waals surface area contributed by atoms with Crippen LogP contribution in [-0.2, 0) is 11.4 Å². The van der Waals surface area contributed by atoms with Crippen molar-refractivity contribution in [3.63, 3.8) is 0 Å². The minimum absolute atomic E-state index is 0.0118.